The number of hydrogen-bond donors (Lipinski definition) is 1. The van der Waals surface area contributed by atoms with Crippen molar-refractivity contribution in [2.75, 3.05) is 5.32 Å². The molecule has 0 bridgehead atoms. The van der Waals surface area contributed by atoms with Gasteiger partial charge in [0.2, 0.25) is 0 Å². The van der Waals surface area contributed by atoms with Crippen LogP contribution in [0.15, 0.2) is 59.0 Å². The van der Waals surface area contributed by atoms with Crippen molar-refractivity contribution in [3.05, 3.63) is 76.0 Å². The van der Waals surface area contributed by atoms with E-state index in [0.717, 1.165) is 0 Å². The minimum atomic E-state index is -0.419. The molecule has 25 heavy (non-hydrogen) atoms. The number of benzene rings is 2. The molecule has 1 N–H and O–H groups in total. The fourth-order valence-corrected chi connectivity index (χ4v) is 2.80. The molecule has 0 aliphatic heterocycles. The highest BCUT2D eigenvalue weighted by Crippen LogP contribution is 2.31. The molecule has 126 valence electrons. The average molecular weight is 374 g/mol. The van der Waals surface area contributed by atoms with Crippen molar-refractivity contribution in [3.63, 3.8) is 0 Å². The standard InChI is InChI=1S/C19H13Cl2NO3/c1-11(23)12-3-2-4-14(9-12)22-19(24)18-8-7-17(25-18)15-6-5-13(20)10-16(15)21/h2-10H,1H3,(H,22,24). The Bertz CT molecular complexity index is 963. The van der Waals surface area contributed by atoms with E-state index in [4.69, 9.17) is 27.6 Å². The highest BCUT2D eigenvalue weighted by atomic mass is 35.5. The summed E-state index contributed by atoms with van der Waals surface area (Å²) in [4.78, 5) is 23.8. The summed E-state index contributed by atoms with van der Waals surface area (Å²) in [5, 5.41) is 3.65. The van der Waals surface area contributed by atoms with Crippen molar-refractivity contribution in [2.45, 2.75) is 6.92 Å². The molecule has 0 radical (unpaired) electrons. The van der Waals surface area contributed by atoms with E-state index in [0.29, 0.717) is 32.6 Å². The van der Waals surface area contributed by atoms with Crippen LogP contribution in [0.3, 0.4) is 0 Å². The molecule has 0 fully saturated rings. The zero-order chi connectivity index (χ0) is 18.0. The Balaban J connectivity index is 1.81. The van der Waals surface area contributed by atoms with E-state index in [1.165, 1.54) is 6.92 Å². The van der Waals surface area contributed by atoms with Crippen molar-refractivity contribution in [2.24, 2.45) is 0 Å². The van der Waals surface area contributed by atoms with Gasteiger partial charge in [-0.15, -0.1) is 0 Å². The lowest BCUT2D eigenvalue weighted by atomic mass is 10.1. The minimum Gasteiger partial charge on any atom is -0.451 e. The van der Waals surface area contributed by atoms with Crippen molar-refractivity contribution in [1.82, 2.24) is 0 Å². The zero-order valence-corrected chi connectivity index (χ0v) is 14.7. The molecular weight excluding hydrogens is 361 g/mol. The fourth-order valence-electron chi connectivity index (χ4n) is 2.30. The highest BCUT2D eigenvalue weighted by molar-refractivity contribution is 6.36. The Kier molecular flexibility index (Phi) is 4.93. The van der Waals surface area contributed by atoms with Crippen LogP contribution < -0.4 is 5.32 Å². The van der Waals surface area contributed by atoms with Crippen LogP contribution in [0.1, 0.15) is 27.8 Å². The molecule has 6 heteroatoms. The van der Waals surface area contributed by atoms with Gasteiger partial charge in [-0.25, -0.2) is 0 Å². The second-order valence-corrected chi connectivity index (χ2v) is 6.22. The topological polar surface area (TPSA) is 59.3 Å². The SMILES string of the molecule is CC(=O)c1cccc(NC(=O)c2ccc(-c3ccc(Cl)cc3Cl)o2)c1. The summed E-state index contributed by atoms with van der Waals surface area (Å²) in [5.74, 6) is 0.101. The second-order valence-electron chi connectivity index (χ2n) is 5.38. The number of Topliss-reactive ketones (excluding diaryl/α,β-unsaturated/α-hetero) is 1. The van der Waals surface area contributed by atoms with Gasteiger partial charge in [0.15, 0.2) is 11.5 Å². The number of hydrogen-bond acceptors (Lipinski definition) is 3. The first kappa shape index (κ1) is 17.3. The monoisotopic (exact) mass is 373 g/mol. The number of carbonyl (C=O) groups excluding carboxylic acids is 2. The molecule has 1 heterocycles. The van der Waals surface area contributed by atoms with Crippen LogP contribution in [-0.2, 0) is 0 Å². The summed E-state index contributed by atoms with van der Waals surface area (Å²) in [6.45, 7) is 1.47. The molecule has 0 spiro atoms. The van der Waals surface area contributed by atoms with Gasteiger partial charge in [0, 0.05) is 21.8 Å². The predicted octanol–water partition coefficient (Wildman–Crippen LogP) is 5.71. The van der Waals surface area contributed by atoms with Crippen LogP contribution in [0.25, 0.3) is 11.3 Å². The van der Waals surface area contributed by atoms with E-state index in [1.54, 1.807) is 54.6 Å². The molecule has 2 aromatic carbocycles. The van der Waals surface area contributed by atoms with Gasteiger partial charge in [0.05, 0.1) is 5.02 Å². The number of rotatable bonds is 4. The van der Waals surface area contributed by atoms with Crippen LogP contribution in [-0.4, -0.2) is 11.7 Å². The lowest BCUT2D eigenvalue weighted by molar-refractivity contribution is 0.0992. The van der Waals surface area contributed by atoms with Gasteiger partial charge in [-0.1, -0.05) is 35.3 Å². The minimum absolute atomic E-state index is 0.0752. The van der Waals surface area contributed by atoms with Crippen molar-refractivity contribution >= 4 is 40.6 Å². The van der Waals surface area contributed by atoms with E-state index in [9.17, 15) is 9.59 Å². The summed E-state index contributed by atoms with van der Waals surface area (Å²) in [7, 11) is 0. The lowest BCUT2D eigenvalue weighted by Gasteiger charge is -2.05. The van der Waals surface area contributed by atoms with Crippen LogP contribution in [0, 0.1) is 0 Å². The summed E-state index contributed by atoms with van der Waals surface area (Å²) < 4.78 is 5.60. The molecule has 0 aliphatic carbocycles. The molecular formula is C19H13Cl2NO3. The van der Waals surface area contributed by atoms with Crippen molar-refractivity contribution in [1.29, 1.82) is 0 Å². The molecule has 0 aliphatic rings. The molecule has 1 aromatic heterocycles. The van der Waals surface area contributed by atoms with Crippen LogP contribution >= 0.6 is 23.2 Å². The number of anilines is 1. The van der Waals surface area contributed by atoms with Crippen LogP contribution in [0.5, 0.6) is 0 Å². The number of carbonyl (C=O) groups is 2. The summed E-state index contributed by atoms with van der Waals surface area (Å²) in [6.07, 6.45) is 0. The van der Waals surface area contributed by atoms with Crippen molar-refractivity contribution < 1.29 is 14.0 Å². The smallest absolute Gasteiger partial charge is 0.291 e. The zero-order valence-electron chi connectivity index (χ0n) is 13.2. The largest absolute Gasteiger partial charge is 0.451 e. The van der Waals surface area contributed by atoms with Gasteiger partial charge >= 0.3 is 0 Å². The van der Waals surface area contributed by atoms with E-state index in [2.05, 4.69) is 5.32 Å². The Labute approximate surface area is 154 Å². The number of nitrogens with one attached hydrogen (secondary N) is 1. The molecule has 0 saturated carbocycles. The van der Waals surface area contributed by atoms with E-state index in [-0.39, 0.29) is 11.5 Å². The molecule has 0 saturated heterocycles. The van der Waals surface area contributed by atoms with E-state index >= 15 is 0 Å². The number of halogens is 2. The third-order valence-corrected chi connectivity index (χ3v) is 4.10. The Morgan fingerprint density at radius 1 is 1.00 bits per heavy atom. The average Bonchev–Trinajstić information content (AvgIpc) is 3.05. The van der Waals surface area contributed by atoms with Gasteiger partial charge in [0.25, 0.3) is 5.91 Å². The Morgan fingerprint density at radius 3 is 2.52 bits per heavy atom. The summed E-state index contributed by atoms with van der Waals surface area (Å²) >= 11 is 12.0. The van der Waals surface area contributed by atoms with Gasteiger partial charge in [-0.3, -0.25) is 9.59 Å². The maximum Gasteiger partial charge on any atom is 0.291 e. The fraction of sp³-hybridized carbons (Fsp3) is 0.0526. The molecule has 4 nitrogen and oxygen atoms in total. The van der Waals surface area contributed by atoms with E-state index < -0.39 is 5.91 Å². The van der Waals surface area contributed by atoms with Gasteiger partial charge in [0.1, 0.15) is 5.76 Å². The number of amides is 1. The van der Waals surface area contributed by atoms with Gasteiger partial charge in [-0.05, 0) is 49.4 Å². The number of furan rings is 1. The lowest BCUT2D eigenvalue weighted by Crippen LogP contribution is -2.11. The molecule has 1 amide bonds. The molecule has 0 unspecified atom stereocenters. The van der Waals surface area contributed by atoms with E-state index in [1.807, 2.05) is 0 Å². The summed E-state index contributed by atoms with van der Waals surface area (Å²) in [5.41, 5.74) is 1.68. The Morgan fingerprint density at radius 2 is 1.80 bits per heavy atom. The molecule has 3 rings (SSSR count). The first-order valence-electron chi connectivity index (χ1n) is 7.41. The quantitative estimate of drug-likeness (QED) is 0.595. The van der Waals surface area contributed by atoms with Crippen molar-refractivity contribution in [3.8, 4) is 11.3 Å². The number of ketones is 1. The first-order valence-corrected chi connectivity index (χ1v) is 8.17. The first-order chi connectivity index (χ1) is 11.9. The third-order valence-electron chi connectivity index (χ3n) is 3.55. The summed E-state index contributed by atoms with van der Waals surface area (Å²) in [6, 6.07) is 14.9. The van der Waals surface area contributed by atoms with Gasteiger partial charge < -0.3 is 9.73 Å². The second kappa shape index (κ2) is 7.13. The predicted molar refractivity (Wildman–Crippen MR) is 98.6 cm³/mol. The normalized spacial score (nSPS) is 10.5. The maximum absolute atomic E-state index is 12.3. The van der Waals surface area contributed by atoms with Crippen LogP contribution in [0.2, 0.25) is 10.0 Å². The molecule has 0 atom stereocenters. The Hall–Kier alpha value is -2.56. The van der Waals surface area contributed by atoms with Crippen LogP contribution in [0.4, 0.5) is 5.69 Å². The van der Waals surface area contributed by atoms with Gasteiger partial charge in [-0.2, -0.15) is 0 Å². The third kappa shape index (κ3) is 3.92. The maximum atomic E-state index is 12.3. The highest BCUT2D eigenvalue weighted by Gasteiger charge is 2.15. The molecule has 3 aromatic rings.